The van der Waals surface area contributed by atoms with Crippen molar-refractivity contribution < 1.29 is 14.7 Å². The maximum Gasteiger partial charge on any atom is 0.213 e. The summed E-state index contributed by atoms with van der Waals surface area (Å²) in [6.07, 6.45) is 1.98. The highest BCUT2D eigenvalue weighted by Crippen LogP contribution is 2.37. The van der Waals surface area contributed by atoms with Gasteiger partial charge in [-0.25, -0.2) is 4.98 Å². The summed E-state index contributed by atoms with van der Waals surface area (Å²) in [5, 5.41) is 15.8. The van der Waals surface area contributed by atoms with Crippen molar-refractivity contribution in [1.82, 2.24) is 4.98 Å². The number of nitrogens with zero attached hydrogens (tertiary/aromatic N) is 2. The highest BCUT2D eigenvalue weighted by molar-refractivity contribution is 7.17. The number of ether oxygens (including phenoxy) is 1. The zero-order chi connectivity index (χ0) is 15.5. The van der Waals surface area contributed by atoms with E-state index in [0.717, 1.165) is 28.3 Å². The van der Waals surface area contributed by atoms with Gasteiger partial charge in [-0.1, -0.05) is 28.6 Å². The highest BCUT2D eigenvalue weighted by Gasteiger charge is 2.29. The molecule has 0 aliphatic heterocycles. The first-order chi connectivity index (χ1) is 10.7. The van der Waals surface area contributed by atoms with Gasteiger partial charge in [-0.15, -0.1) is 0 Å². The molecule has 0 saturated heterocycles. The molecule has 1 heterocycles. The molecule has 1 unspecified atom stereocenters. The van der Waals surface area contributed by atoms with Crippen LogP contribution in [0, 0.1) is 0 Å². The molecule has 0 saturated carbocycles. The molecule has 6 nitrogen and oxygen atoms in total. The molecule has 0 radical (unpaired) electrons. The van der Waals surface area contributed by atoms with Gasteiger partial charge in [0.25, 0.3) is 0 Å². The second-order valence-electron chi connectivity index (χ2n) is 4.98. The molecule has 7 heteroatoms. The number of nitrogens with one attached hydrogen (secondary N) is 1. The predicted molar refractivity (Wildman–Crippen MR) is 84.2 cm³/mol. The average molecular weight is 317 g/mol. The Morgan fingerprint density at radius 1 is 1.41 bits per heavy atom. The quantitative estimate of drug-likeness (QED) is 0.516. The second-order valence-corrected chi connectivity index (χ2v) is 5.98. The van der Waals surface area contributed by atoms with Crippen LogP contribution in [0.4, 0.5) is 5.13 Å². The lowest BCUT2D eigenvalue weighted by molar-refractivity contribution is -0.105. The Kier molecular flexibility index (Phi) is 4.06. The van der Waals surface area contributed by atoms with Crippen molar-refractivity contribution in [1.29, 1.82) is 0 Å². The smallest absolute Gasteiger partial charge is 0.213 e. The molecule has 0 bridgehead atoms. The Morgan fingerprint density at radius 2 is 2.18 bits per heavy atom. The molecule has 0 spiro atoms. The Balaban J connectivity index is 1.91. The molecule has 114 valence electrons. The largest absolute Gasteiger partial charge is 0.497 e. The lowest BCUT2D eigenvalue weighted by Gasteiger charge is -2.22. The fourth-order valence-electron chi connectivity index (χ4n) is 2.66. The maximum absolute atomic E-state index is 10.5. The standard InChI is InChI=1S/C15H15N3O3S/c1-21-11-4-2-9(3-5-11)10-6-12-14(13(7-10)18-20)22-15(17-12)16-8-19/h2-5,8,10,20H,6-7H2,1H3,(H,16,17,19)/b18-13+. The Bertz CT molecular complexity index is 709. The highest BCUT2D eigenvalue weighted by atomic mass is 32.1. The van der Waals surface area contributed by atoms with Gasteiger partial charge in [-0.2, -0.15) is 0 Å². The number of oxime groups is 1. The van der Waals surface area contributed by atoms with E-state index in [2.05, 4.69) is 15.5 Å². The SMILES string of the molecule is COc1ccc(C2C/C(=N\O)c3sc(NC=O)nc3C2)cc1. The van der Waals surface area contributed by atoms with Crippen molar-refractivity contribution in [3.8, 4) is 5.75 Å². The van der Waals surface area contributed by atoms with Crippen LogP contribution in [0.3, 0.4) is 0 Å². The van der Waals surface area contributed by atoms with Crippen LogP contribution in [-0.2, 0) is 11.2 Å². The van der Waals surface area contributed by atoms with E-state index in [1.54, 1.807) is 7.11 Å². The Labute approximate surface area is 131 Å². The normalized spacial score (nSPS) is 18.8. The summed E-state index contributed by atoms with van der Waals surface area (Å²) in [7, 11) is 1.63. The van der Waals surface area contributed by atoms with E-state index in [1.807, 2.05) is 24.3 Å². The fourth-order valence-corrected chi connectivity index (χ4v) is 3.60. The molecule has 1 atom stereocenters. The third kappa shape index (κ3) is 2.67. The first-order valence-electron chi connectivity index (χ1n) is 6.80. The van der Waals surface area contributed by atoms with Gasteiger partial charge < -0.3 is 15.3 Å². The number of anilines is 1. The number of carbonyl (C=O) groups excluding carboxylic acids is 1. The number of aromatic nitrogens is 1. The third-order valence-corrected chi connectivity index (χ3v) is 4.81. The molecular weight excluding hydrogens is 302 g/mol. The number of benzene rings is 1. The number of methoxy groups -OCH3 is 1. The van der Waals surface area contributed by atoms with Crippen molar-refractivity contribution in [2.45, 2.75) is 18.8 Å². The molecule has 1 aromatic carbocycles. The minimum atomic E-state index is 0.190. The van der Waals surface area contributed by atoms with E-state index in [0.29, 0.717) is 23.7 Å². The van der Waals surface area contributed by atoms with Crippen molar-refractivity contribution in [2.75, 3.05) is 12.4 Å². The van der Waals surface area contributed by atoms with Crippen LogP contribution in [0.25, 0.3) is 0 Å². The molecule has 2 N–H and O–H groups in total. The van der Waals surface area contributed by atoms with E-state index in [4.69, 9.17) is 4.74 Å². The third-order valence-electron chi connectivity index (χ3n) is 3.73. The van der Waals surface area contributed by atoms with Gasteiger partial charge in [0.2, 0.25) is 6.41 Å². The van der Waals surface area contributed by atoms with Crippen LogP contribution >= 0.6 is 11.3 Å². The maximum atomic E-state index is 10.5. The number of hydrogen-bond donors (Lipinski definition) is 2. The van der Waals surface area contributed by atoms with E-state index in [1.165, 1.54) is 11.3 Å². The lowest BCUT2D eigenvalue weighted by Crippen LogP contribution is -2.18. The lowest BCUT2D eigenvalue weighted by atomic mass is 9.84. The van der Waals surface area contributed by atoms with Gasteiger partial charge in [0.05, 0.1) is 23.4 Å². The molecule has 1 amide bonds. The van der Waals surface area contributed by atoms with Crippen LogP contribution in [0.15, 0.2) is 29.4 Å². The van der Waals surface area contributed by atoms with Gasteiger partial charge in [0.15, 0.2) is 5.13 Å². The van der Waals surface area contributed by atoms with Gasteiger partial charge in [-0.3, -0.25) is 4.79 Å². The molecule has 2 aromatic rings. The van der Waals surface area contributed by atoms with Gasteiger partial charge >= 0.3 is 0 Å². The summed E-state index contributed by atoms with van der Waals surface area (Å²) in [4.78, 5) is 15.8. The summed E-state index contributed by atoms with van der Waals surface area (Å²) in [6, 6.07) is 7.86. The van der Waals surface area contributed by atoms with E-state index in [-0.39, 0.29) is 5.92 Å². The summed E-state index contributed by atoms with van der Waals surface area (Å²) in [6.45, 7) is 0. The summed E-state index contributed by atoms with van der Waals surface area (Å²) >= 11 is 1.33. The van der Waals surface area contributed by atoms with Crippen LogP contribution in [0.2, 0.25) is 0 Å². The number of carbonyl (C=O) groups is 1. The first kappa shape index (κ1) is 14.5. The molecule has 3 rings (SSSR count). The number of rotatable bonds is 4. The Morgan fingerprint density at radius 3 is 2.82 bits per heavy atom. The van der Waals surface area contributed by atoms with Crippen molar-refractivity contribution in [3.63, 3.8) is 0 Å². The van der Waals surface area contributed by atoms with E-state index < -0.39 is 0 Å². The minimum Gasteiger partial charge on any atom is -0.497 e. The second kappa shape index (κ2) is 6.15. The molecule has 1 aliphatic rings. The zero-order valence-corrected chi connectivity index (χ0v) is 12.8. The molecule has 22 heavy (non-hydrogen) atoms. The van der Waals surface area contributed by atoms with Gasteiger partial charge in [-0.05, 0) is 30.0 Å². The fraction of sp³-hybridized carbons (Fsp3) is 0.267. The summed E-state index contributed by atoms with van der Waals surface area (Å²) in [5.41, 5.74) is 2.61. The predicted octanol–water partition coefficient (Wildman–Crippen LogP) is 2.63. The molecule has 1 aliphatic carbocycles. The summed E-state index contributed by atoms with van der Waals surface area (Å²) in [5.74, 6) is 0.998. The Hall–Kier alpha value is -2.41. The number of thiazole rings is 1. The monoisotopic (exact) mass is 317 g/mol. The van der Waals surface area contributed by atoms with Crippen LogP contribution in [0.5, 0.6) is 5.75 Å². The van der Waals surface area contributed by atoms with Gasteiger partial charge in [0.1, 0.15) is 5.75 Å². The van der Waals surface area contributed by atoms with E-state index in [9.17, 15) is 10.0 Å². The van der Waals surface area contributed by atoms with E-state index >= 15 is 0 Å². The topological polar surface area (TPSA) is 83.8 Å². The minimum absolute atomic E-state index is 0.190. The van der Waals surface area contributed by atoms with Crippen LogP contribution in [0.1, 0.15) is 28.5 Å². The molecule has 1 aromatic heterocycles. The van der Waals surface area contributed by atoms with Crippen LogP contribution in [-0.4, -0.2) is 29.4 Å². The zero-order valence-electron chi connectivity index (χ0n) is 11.9. The number of amides is 1. The first-order valence-corrected chi connectivity index (χ1v) is 7.62. The van der Waals surface area contributed by atoms with Gasteiger partial charge in [0, 0.05) is 6.42 Å². The van der Waals surface area contributed by atoms with Crippen molar-refractivity contribution >= 4 is 28.6 Å². The molecule has 0 fully saturated rings. The van der Waals surface area contributed by atoms with Crippen molar-refractivity contribution in [2.24, 2.45) is 5.16 Å². The van der Waals surface area contributed by atoms with Crippen LogP contribution < -0.4 is 10.1 Å². The molecular formula is C15H15N3O3S. The van der Waals surface area contributed by atoms with Crippen molar-refractivity contribution in [3.05, 3.63) is 40.4 Å². The summed E-state index contributed by atoms with van der Waals surface area (Å²) < 4.78 is 5.17. The average Bonchev–Trinajstić information content (AvgIpc) is 2.96. The number of fused-ring (bicyclic) bond motifs is 1. The number of hydrogen-bond acceptors (Lipinski definition) is 6.